The Hall–Kier alpha value is -1.42. The van der Waals surface area contributed by atoms with Crippen molar-refractivity contribution in [1.82, 2.24) is 4.98 Å². The number of Topliss-reactive ketones (excluding diaryl/α,β-unsaturated/α-hetero) is 1. The molecule has 0 aliphatic rings. The van der Waals surface area contributed by atoms with E-state index in [1.165, 1.54) is 6.92 Å². The first-order valence-corrected chi connectivity index (χ1v) is 6.05. The highest BCUT2D eigenvalue weighted by atomic mass is 79.9. The second-order valence-corrected chi connectivity index (χ2v) is 4.74. The van der Waals surface area contributed by atoms with Crippen LogP contribution in [0.15, 0.2) is 28.9 Å². The highest BCUT2D eigenvalue weighted by Crippen LogP contribution is 2.32. The topological polar surface area (TPSA) is 39.2 Å². The van der Waals surface area contributed by atoms with Crippen LogP contribution in [0.25, 0.3) is 10.9 Å². The van der Waals surface area contributed by atoms with Crippen LogP contribution in [-0.2, 0) is 4.79 Å². The van der Waals surface area contributed by atoms with Crippen molar-refractivity contribution in [2.45, 2.75) is 13.8 Å². The first-order valence-electron chi connectivity index (χ1n) is 5.25. The van der Waals surface area contributed by atoms with E-state index in [2.05, 4.69) is 20.9 Å². The minimum Gasteiger partial charge on any atom is -0.484 e. The summed E-state index contributed by atoms with van der Waals surface area (Å²) in [4.78, 5) is 15.2. The lowest BCUT2D eigenvalue weighted by Gasteiger charge is -2.09. The predicted octanol–water partition coefficient (Wildman–Crippen LogP) is 3.27. The SMILES string of the molecule is CC(=O)COc1ccc(Br)c2c(C)ccnc12. The number of benzene rings is 1. The lowest BCUT2D eigenvalue weighted by molar-refractivity contribution is -0.118. The molecular weight excluding hydrogens is 282 g/mol. The molecule has 3 nitrogen and oxygen atoms in total. The number of rotatable bonds is 3. The monoisotopic (exact) mass is 293 g/mol. The predicted molar refractivity (Wildman–Crippen MR) is 70.4 cm³/mol. The molecule has 1 aromatic heterocycles. The Bertz CT molecular complexity index is 573. The van der Waals surface area contributed by atoms with Crippen molar-refractivity contribution >= 4 is 32.6 Å². The van der Waals surface area contributed by atoms with E-state index in [4.69, 9.17) is 4.74 Å². The van der Waals surface area contributed by atoms with Gasteiger partial charge in [-0.2, -0.15) is 0 Å². The second kappa shape index (κ2) is 4.84. The molecule has 88 valence electrons. The fourth-order valence-corrected chi connectivity index (χ4v) is 2.29. The molecule has 0 aliphatic heterocycles. The molecule has 1 heterocycles. The zero-order valence-corrected chi connectivity index (χ0v) is 11.2. The van der Waals surface area contributed by atoms with Crippen LogP contribution in [0.4, 0.5) is 0 Å². The Morgan fingerprint density at radius 3 is 2.88 bits per heavy atom. The minimum absolute atomic E-state index is 0.00581. The van der Waals surface area contributed by atoms with E-state index in [-0.39, 0.29) is 12.4 Å². The van der Waals surface area contributed by atoms with Gasteiger partial charge in [-0.15, -0.1) is 0 Å². The molecule has 2 aromatic rings. The Kier molecular flexibility index (Phi) is 3.43. The molecule has 17 heavy (non-hydrogen) atoms. The van der Waals surface area contributed by atoms with E-state index in [1.54, 1.807) is 6.20 Å². The third kappa shape index (κ3) is 2.47. The summed E-state index contributed by atoms with van der Waals surface area (Å²) in [5.74, 6) is 0.635. The number of aromatic nitrogens is 1. The van der Waals surface area contributed by atoms with Gasteiger partial charge < -0.3 is 4.74 Å². The van der Waals surface area contributed by atoms with Gasteiger partial charge in [-0.25, -0.2) is 0 Å². The molecule has 4 heteroatoms. The number of ketones is 1. The molecule has 2 rings (SSSR count). The zero-order valence-electron chi connectivity index (χ0n) is 9.66. The van der Waals surface area contributed by atoms with Crippen LogP contribution in [0.1, 0.15) is 12.5 Å². The normalized spacial score (nSPS) is 10.5. The number of carbonyl (C=O) groups excluding carboxylic acids is 1. The van der Waals surface area contributed by atoms with Gasteiger partial charge in [-0.3, -0.25) is 9.78 Å². The molecule has 0 unspecified atom stereocenters. The van der Waals surface area contributed by atoms with Crippen molar-refractivity contribution in [3.63, 3.8) is 0 Å². The number of nitrogens with zero attached hydrogens (tertiary/aromatic N) is 1. The summed E-state index contributed by atoms with van der Waals surface area (Å²) < 4.78 is 6.44. The Labute approximate surface area is 108 Å². The number of halogens is 1. The van der Waals surface area contributed by atoms with Crippen LogP contribution in [-0.4, -0.2) is 17.4 Å². The van der Waals surface area contributed by atoms with Crippen LogP contribution >= 0.6 is 15.9 Å². The Balaban J connectivity index is 2.54. The number of hydrogen-bond acceptors (Lipinski definition) is 3. The number of pyridine rings is 1. The second-order valence-electron chi connectivity index (χ2n) is 3.89. The van der Waals surface area contributed by atoms with E-state index >= 15 is 0 Å². The lowest BCUT2D eigenvalue weighted by atomic mass is 10.1. The quantitative estimate of drug-likeness (QED) is 0.872. The number of fused-ring (bicyclic) bond motifs is 1. The third-order valence-corrected chi connectivity index (χ3v) is 3.10. The van der Waals surface area contributed by atoms with Gasteiger partial charge in [0.05, 0.1) is 0 Å². The van der Waals surface area contributed by atoms with E-state index in [0.29, 0.717) is 5.75 Å². The number of ether oxygens (including phenoxy) is 1. The van der Waals surface area contributed by atoms with Gasteiger partial charge in [0.15, 0.2) is 5.78 Å². The largest absolute Gasteiger partial charge is 0.484 e. The van der Waals surface area contributed by atoms with Gasteiger partial charge >= 0.3 is 0 Å². The number of aryl methyl sites for hydroxylation is 1. The maximum absolute atomic E-state index is 10.9. The summed E-state index contributed by atoms with van der Waals surface area (Å²) >= 11 is 3.50. The third-order valence-electron chi connectivity index (χ3n) is 2.44. The van der Waals surface area contributed by atoms with Crippen LogP contribution in [0.3, 0.4) is 0 Å². The van der Waals surface area contributed by atoms with E-state index in [9.17, 15) is 4.79 Å². The first-order chi connectivity index (χ1) is 8.09. The average molecular weight is 294 g/mol. The molecule has 0 fully saturated rings. The lowest BCUT2D eigenvalue weighted by Crippen LogP contribution is -2.07. The minimum atomic E-state index is -0.00581. The van der Waals surface area contributed by atoms with Gasteiger partial charge in [0.2, 0.25) is 0 Å². The van der Waals surface area contributed by atoms with Crippen molar-refractivity contribution < 1.29 is 9.53 Å². The summed E-state index contributed by atoms with van der Waals surface area (Å²) in [6, 6.07) is 5.68. The van der Waals surface area contributed by atoms with E-state index < -0.39 is 0 Å². The fourth-order valence-electron chi connectivity index (χ4n) is 1.65. The van der Waals surface area contributed by atoms with Gasteiger partial charge in [0.1, 0.15) is 17.9 Å². The van der Waals surface area contributed by atoms with E-state index in [0.717, 1.165) is 20.9 Å². The molecule has 0 radical (unpaired) electrons. The van der Waals surface area contributed by atoms with Crippen molar-refractivity contribution in [2.75, 3.05) is 6.61 Å². The summed E-state index contributed by atoms with van der Waals surface area (Å²) in [5, 5.41) is 1.02. The van der Waals surface area contributed by atoms with Crippen molar-refractivity contribution in [1.29, 1.82) is 0 Å². The molecule has 0 atom stereocenters. The smallest absolute Gasteiger partial charge is 0.167 e. The van der Waals surface area contributed by atoms with Crippen LogP contribution < -0.4 is 4.74 Å². The van der Waals surface area contributed by atoms with Gasteiger partial charge in [0, 0.05) is 16.1 Å². The molecule has 0 saturated carbocycles. The van der Waals surface area contributed by atoms with Crippen LogP contribution in [0, 0.1) is 6.92 Å². The first kappa shape index (κ1) is 12.0. The summed E-state index contributed by atoms with van der Waals surface area (Å²) in [6.45, 7) is 3.59. The van der Waals surface area contributed by atoms with Gasteiger partial charge in [-0.1, -0.05) is 15.9 Å². The zero-order chi connectivity index (χ0) is 12.4. The Morgan fingerprint density at radius 2 is 2.18 bits per heavy atom. The maximum atomic E-state index is 10.9. The van der Waals surface area contributed by atoms with Crippen molar-refractivity contribution in [3.8, 4) is 5.75 Å². The summed E-state index contributed by atoms with van der Waals surface area (Å²) in [7, 11) is 0. The molecule has 0 N–H and O–H groups in total. The molecular formula is C13H12BrNO2. The van der Waals surface area contributed by atoms with Gasteiger partial charge in [-0.05, 0) is 37.6 Å². The molecule has 0 aliphatic carbocycles. The van der Waals surface area contributed by atoms with Crippen LogP contribution in [0.5, 0.6) is 5.75 Å². The van der Waals surface area contributed by atoms with Crippen molar-refractivity contribution in [3.05, 3.63) is 34.4 Å². The number of carbonyl (C=O) groups is 1. The summed E-state index contributed by atoms with van der Waals surface area (Å²) in [6.07, 6.45) is 1.74. The van der Waals surface area contributed by atoms with E-state index in [1.807, 2.05) is 25.1 Å². The average Bonchev–Trinajstić information content (AvgIpc) is 2.28. The Morgan fingerprint density at radius 1 is 1.41 bits per heavy atom. The number of hydrogen-bond donors (Lipinski definition) is 0. The maximum Gasteiger partial charge on any atom is 0.167 e. The highest BCUT2D eigenvalue weighted by Gasteiger charge is 2.09. The van der Waals surface area contributed by atoms with Crippen LogP contribution in [0.2, 0.25) is 0 Å². The van der Waals surface area contributed by atoms with Crippen molar-refractivity contribution in [2.24, 2.45) is 0 Å². The standard InChI is InChI=1S/C13H12BrNO2/c1-8-5-6-15-13-11(17-7-9(2)16)4-3-10(14)12(8)13/h3-6H,7H2,1-2H3. The molecule has 0 bridgehead atoms. The molecule has 0 saturated heterocycles. The molecule has 0 amide bonds. The van der Waals surface area contributed by atoms with Gasteiger partial charge in [0.25, 0.3) is 0 Å². The highest BCUT2D eigenvalue weighted by molar-refractivity contribution is 9.10. The molecule has 0 spiro atoms. The molecule has 1 aromatic carbocycles. The summed E-state index contributed by atoms with van der Waals surface area (Å²) in [5.41, 5.74) is 1.90. The fraction of sp³-hybridized carbons (Fsp3) is 0.231.